The Kier molecular flexibility index (Phi) is 3.53. The third-order valence-electron chi connectivity index (χ3n) is 4.21. The van der Waals surface area contributed by atoms with Crippen molar-refractivity contribution in [2.75, 3.05) is 7.11 Å². The van der Waals surface area contributed by atoms with Gasteiger partial charge in [-0.3, -0.25) is 4.79 Å². The molecule has 0 bridgehead atoms. The number of aromatic hydroxyl groups is 1. The van der Waals surface area contributed by atoms with Crippen LogP contribution in [0.4, 0.5) is 0 Å². The molecular formula is C18H19NO3. The Hall–Kier alpha value is -2.49. The Morgan fingerprint density at radius 1 is 1.23 bits per heavy atom. The van der Waals surface area contributed by atoms with Crippen LogP contribution in [0.5, 0.6) is 11.5 Å². The Labute approximate surface area is 129 Å². The lowest BCUT2D eigenvalue weighted by atomic mass is 10.0. The van der Waals surface area contributed by atoms with Crippen molar-refractivity contribution in [3.05, 3.63) is 59.2 Å². The van der Waals surface area contributed by atoms with Crippen molar-refractivity contribution in [3.8, 4) is 11.5 Å². The zero-order valence-electron chi connectivity index (χ0n) is 12.7. The van der Waals surface area contributed by atoms with E-state index in [1.165, 1.54) is 0 Å². The third kappa shape index (κ3) is 2.52. The largest absolute Gasteiger partial charge is 0.507 e. The lowest BCUT2D eigenvalue weighted by Crippen LogP contribution is -2.34. The normalized spacial score (nSPS) is 15.2. The van der Waals surface area contributed by atoms with Gasteiger partial charge in [0.2, 0.25) is 0 Å². The summed E-state index contributed by atoms with van der Waals surface area (Å²) in [6.07, 6.45) is 1.77. The summed E-state index contributed by atoms with van der Waals surface area (Å²) in [5.41, 5.74) is 1.70. The lowest BCUT2D eigenvalue weighted by molar-refractivity contribution is 0.0928. The number of benzene rings is 2. The fraction of sp³-hybridized carbons (Fsp3) is 0.278. The van der Waals surface area contributed by atoms with E-state index >= 15 is 0 Å². The van der Waals surface area contributed by atoms with Gasteiger partial charge in [-0.1, -0.05) is 24.3 Å². The van der Waals surface area contributed by atoms with E-state index in [9.17, 15) is 9.90 Å². The number of hydrogen-bond acceptors (Lipinski definition) is 3. The number of para-hydroxylation sites is 1. The van der Waals surface area contributed by atoms with Crippen molar-refractivity contribution < 1.29 is 14.6 Å². The molecule has 0 unspecified atom stereocenters. The number of phenolic OH excluding ortho intramolecular Hbond substituents is 1. The number of hydrogen-bond donors (Lipinski definition) is 2. The van der Waals surface area contributed by atoms with Gasteiger partial charge in [-0.15, -0.1) is 0 Å². The highest BCUT2D eigenvalue weighted by Gasteiger charge is 2.46. The van der Waals surface area contributed by atoms with Crippen LogP contribution in [0.2, 0.25) is 0 Å². The first-order valence-corrected chi connectivity index (χ1v) is 7.31. The summed E-state index contributed by atoms with van der Waals surface area (Å²) in [5.74, 6) is 0.569. The molecule has 0 aliphatic heterocycles. The molecule has 1 saturated carbocycles. The van der Waals surface area contributed by atoms with Gasteiger partial charge in [-0.25, -0.2) is 0 Å². The first-order valence-electron chi connectivity index (χ1n) is 7.31. The van der Waals surface area contributed by atoms with Crippen LogP contribution in [-0.2, 0) is 5.54 Å². The maximum atomic E-state index is 12.5. The molecule has 4 nitrogen and oxygen atoms in total. The highest BCUT2D eigenvalue weighted by Crippen LogP contribution is 2.46. The second-order valence-electron chi connectivity index (χ2n) is 5.74. The van der Waals surface area contributed by atoms with Crippen molar-refractivity contribution in [1.82, 2.24) is 5.32 Å². The molecular weight excluding hydrogens is 278 g/mol. The second kappa shape index (κ2) is 5.37. The molecule has 2 aromatic carbocycles. The van der Waals surface area contributed by atoms with Crippen molar-refractivity contribution >= 4 is 5.91 Å². The number of nitrogens with one attached hydrogen (secondary N) is 1. The van der Waals surface area contributed by atoms with E-state index < -0.39 is 0 Å². The maximum Gasteiger partial charge on any atom is 0.255 e. The van der Waals surface area contributed by atoms with Gasteiger partial charge in [0.15, 0.2) is 0 Å². The summed E-state index contributed by atoms with van der Waals surface area (Å²) in [6.45, 7) is 1.78. The monoisotopic (exact) mass is 297 g/mol. The summed E-state index contributed by atoms with van der Waals surface area (Å²) in [4.78, 5) is 12.5. The third-order valence-corrected chi connectivity index (χ3v) is 4.21. The van der Waals surface area contributed by atoms with E-state index in [4.69, 9.17) is 4.74 Å². The van der Waals surface area contributed by atoms with E-state index in [1.54, 1.807) is 32.2 Å². The number of amides is 1. The van der Waals surface area contributed by atoms with Crippen molar-refractivity contribution in [1.29, 1.82) is 0 Å². The predicted octanol–water partition coefficient (Wildman–Crippen LogP) is 3.13. The number of ether oxygens (including phenoxy) is 1. The summed E-state index contributed by atoms with van der Waals surface area (Å²) in [7, 11) is 1.63. The van der Waals surface area contributed by atoms with Crippen molar-refractivity contribution in [3.63, 3.8) is 0 Å². The van der Waals surface area contributed by atoms with Crippen LogP contribution in [0.15, 0.2) is 42.5 Å². The molecule has 3 rings (SSSR count). The number of phenols is 1. The van der Waals surface area contributed by atoms with E-state index in [-0.39, 0.29) is 17.2 Å². The Morgan fingerprint density at radius 3 is 2.64 bits per heavy atom. The van der Waals surface area contributed by atoms with E-state index in [0.29, 0.717) is 11.1 Å². The van der Waals surface area contributed by atoms with E-state index in [2.05, 4.69) is 5.32 Å². The predicted molar refractivity (Wildman–Crippen MR) is 84.2 cm³/mol. The molecule has 22 heavy (non-hydrogen) atoms. The van der Waals surface area contributed by atoms with Crippen LogP contribution < -0.4 is 10.1 Å². The molecule has 1 fully saturated rings. The lowest BCUT2D eigenvalue weighted by Gasteiger charge is -2.19. The van der Waals surface area contributed by atoms with Crippen LogP contribution in [-0.4, -0.2) is 18.1 Å². The molecule has 0 aromatic heterocycles. The summed E-state index contributed by atoms with van der Waals surface area (Å²) in [6, 6.07) is 12.9. The molecule has 1 aliphatic rings. The summed E-state index contributed by atoms with van der Waals surface area (Å²) in [5, 5.41) is 13.1. The van der Waals surface area contributed by atoms with Crippen LogP contribution in [0.3, 0.4) is 0 Å². The summed E-state index contributed by atoms with van der Waals surface area (Å²) < 4.78 is 5.25. The van der Waals surface area contributed by atoms with Crippen LogP contribution in [0, 0.1) is 6.92 Å². The van der Waals surface area contributed by atoms with Crippen LogP contribution in [0.25, 0.3) is 0 Å². The maximum absolute atomic E-state index is 12.5. The fourth-order valence-corrected chi connectivity index (χ4v) is 2.66. The molecule has 2 aromatic rings. The van der Waals surface area contributed by atoms with Gasteiger partial charge in [0.05, 0.1) is 18.2 Å². The number of aryl methyl sites for hydroxylation is 1. The molecule has 0 heterocycles. The topological polar surface area (TPSA) is 58.6 Å². The van der Waals surface area contributed by atoms with Gasteiger partial charge < -0.3 is 15.2 Å². The van der Waals surface area contributed by atoms with E-state index in [0.717, 1.165) is 24.2 Å². The smallest absolute Gasteiger partial charge is 0.255 e. The summed E-state index contributed by atoms with van der Waals surface area (Å²) >= 11 is 0. The molecule has 114 valence electrons. The highest BCUT2D eigenvalue weighted by atomic mass is 16.5. The molecule has 4 heteroatoms. The SMILES string of the molecule is COc1cccc(C2(NC(=O)c3cccc(C)c3O)CC2)c1. The minimum atomic E-state index is -0.345. The Bertz CT molecular complexity index is 720. The average molecular weight is 297 g/mol. The van der Waals surface area contributed by atoms with Crippen LogP contribution in [0.1, 0.15) is 34.3 Å². The number of carbonyl (C=O) groups excluding carboxylic acids is 1. The second-order valence-corrected chi connectivity index (χ2v) is 5.74. The van der Waals surface area contributed by atoms with Crippen molar-refractivity contribution in [2.24, 2.45) is 0 Å². The van der Waals surface area contributed by atoms with Crippen molar-refractivity contribution in [2.45, 2.75) is 25.3 Å². The number of carbonyl (C=O) groups is 1. The minimum absolute atomic E-state index is 0.0430. The number of methoxy groups -OCH3 is 1. The van der Waals surface area contributed by atoms with Gasteiger partial charge in [0, 0.05) is 0 Å². The van der Waals surface area contributed by atoms with Gasteiger partial charge in [-0.05, 0) is 49.1 Å². The quantitative estimate of drug-likeness (QED) is 0.911. The standard InChI is InChI=1S/C18H19NO3/c1-12-5-3-8-15(16(12)20)17(21)19-18(9-10-18)13-6-4-7-14(11-13)22-2/h3-8,11,20H,9-10H2,1-2H3,(H,19,21). The molecule has 1 amide bonds. The zero-order valence-corrected chi connectivity index (χ0v) is 12.7. The first-order chi connectivity index (χ1) is 10.6. The Balaban J connectivity index is 1.85. The zero-order chi connectivity index (χ0) is 15.7. The Morgan fingerprint density at radius 2 is 1.95 bits per heavy atom. The highest BCUT2D eigenvalue weighted by molar-refractivity contribution is 5.98. The number of rotatable bonds is 4. The van der Waals surface area contributed by atoms with Gasteiger partial charge in [0.1, 0.15) is 11.5 Å². The average Bonchev–Trinajstić information content (AvgIpc) is 3.31. The van der Waals surface area contributed by atoms with Gasteiger partial charge in [-0.2, -0.15) is 0 Å². The van der Waals surface area contributed by atoms with E-state index in [1.807, 2.05) is 24.3 Å². The van der Waals surface area contributed by atoms with Crippen LogP contribution >= 0.6 is 0 Å². The minimum Gasteiger partial charge on any atom is -0.507 e. The molecule has 2 N–H and O–H groups in total. The van der Waals surface area contributed by atoms with Gasteiger partial charge in [0.25, 0.3) is 5.91 Å². The fourth-order valence-electron chi connectivity index (χ4n) is 2.66. The molecule has 0 spiro atoms. The first kappa shape index (κ1) is 14.4. The van der Waals surface area contributed by atoms with Gasteiger partial charge >= 0.3 is 0 Å². The molecule has 0 saturated heterocycles. The molecule has 0 atom stereocenters. The molecule has 0 radical (unpaired) electrons. The molecule has 1 aliphatic carbocycles.